The molecule has 1 heterocycles. The van der Waals surface area contributed by atoms with Crippen molar-refractivity contribution in [2.24, 2.45) is 0 Å². The van der Waals surface area contributed by atoms with Gasteiger partial charge in [0.25, 0.3) is 0 Å². The Morgan fingerprint density at radius 3 is 2.18 bits per heavy atom. The summed E-state index contributed by atoms with van der Waals surface area (Å²) in [5.41, 5.74) is 3.35. The summed E-state index contributed by atoms with van der Waals surface area (Å²) in [5.74, 6) is 2.44. The quantitative estimate of drug-likeness (QED) is 0.773. The molecule has 4 nitrogen and oxygen atoms in total. The minimum Gasteiger partial charge on any atom is -0.493 e. The molecule has 0 radical (unpaired) electrons. The van der Waals surface area contributed by atoms with Crippen molar-refractivity contribution >= 4 is 21.8 Å². The number of ether oxygens (including phenoxy) is 3. The summed E-state index contributed by atoms with van der Waals surface area (Å²) in [4.78, 5) is 3.43. The van der Waals surface area contributed by atoms with E-state index in [9.17, 15) is 0 Å². The van der Waals surface area contributed by atoms with Crippen LogP contribution in [0, 0.1) is 0 Å². The maximum atomic E-state index is 5.63. The maximum Gasteiger partial charge on any atom is 0.204 e. The van der Waals surface area contributed by atoms with E-state index in [1.165, 1.54) is 5.56 Å². The van der Waals surface area contributed by atoms with Crippen molar-refractivity contribution in [3.05, 3.63) is 29.8 Å². The van der Waals surface area contributed by atoms with Crippen molar-refractivity contribution in [1.82, 2.24) is 4.98 Å². The topological polar surface area (TPSA) is 43.5 Å². The molecular weight excluding hydrogens is 278 g/mol. The highest BCUT2D eigenvalue weighted by Crippen LogP contribution is 2.46. The number of hydrogen-bond acceptors (Lipinski definition) is 3. The van der Waals surface area contributed by atoms with Crippen LogP contribution in [0.5, 0.6) is 17.2 Å². The van der Waals surface area contributed by atoms with Gasteiger partial charge in [0.1, 0.15) is 0 Å². The van der Waals surface area contributed by atoms with E-state index in [2.05, 4.69) is 37.0 Å². The summed E-state index contributed by atoms with van der Waals surface area (Å²) >= 11 is 0. The summed E-state index contributed by atoms with van der Waals surface area (Å²) in [7, 11) is 4.91. The van der Waals surface area contributed by atoms with Crippen LogP contribution in [0.25, 0.3) is 21.8 Å². The van der Waals surface area contributed by atoms with Crippen molar-refractivity contribution in [2.45, 2.75) is 19.8 Å². The number of fused-ring (bicyclic) bond motifs is 3. The molecule has 1 aromatic heterocycles. The van der Waals surface area contributed by atoms with Gasteiger partial charge in [-0.2, -0.15) is 0 Å². The number of methoxy groups -OCH3 is 3. The predicted molar refractivity (Wildman–Crippen MR) is 89.5 cm³/mol. The number of rotatable bonds is 4. The van der Waals surface area contributed by atoms with Gasteiger partial charge in [0.2, 0.25) is 5.75 Å². The Morgan fingerprint density at radius 1 is 0.864 bits per heavy atom. The smallest absolute Gasteiger partial charge is 0.204 e. The molecule has 3 rings (SSSR count). The monoisotopic (exact) mass is 299 g/mol. The first-order chi connectivity index (χ1) is 10.6. The summed E-state index contributed by atoms with van der Waals surface area (Å²) in [5, 5.41) is 2.16. The third-order valence-electron chi connectivity index (χ3n) is 4.08. The normalized spacial score (nSPS) is 11.4. The van der Waals surface area contributed by atoms with Gasteiger partial charge in [0.05, 0.1) is 32.2 Å². The average molecular weight is 299 g/mol. The molecule has 116 valence electrons. The molecule has 0 bridgehead atoms. The Labute approximate surface area is 130 Å². The summed E-state index contributed by atoms with van der Waals surface area (Å²) in [6.45, 7) is 4.38. The molecular formula is C18H21NO3. The summed E-state index contributed by atoms with van der Waals surface area (Å²) < 4.78 is 16.6. The molecule has 0 amide bonds. The van der Waals surface area contributed by atoms with Gasteiger partial charge >= 0.3 is 0 Å². The largest absolute Gasteiger partial charge is 0.493 e. The van der Waals surface area contributed by atoms with Gasteiger partial charge in [-0.05, 0) is 23.6 Å². The lowest BCUT2D eigenvalue weighted by Gasteiger charge is -2.13. The number of aromatic amines is 1. The van der Waals surface area contributed by atoms with Crippen LogP contribution in [0.15, 0.2) is 24.3 Å². The second-order valence-electron chi connectivity index (χ2n) is 5.65. The fourth-order valence-electron chi connectivity index (χ4n) is 2.90. The molecule has 0 unspecified atom stereocenters. The van der Waals surface area contributed by atoms with Crippen LogP contribution in [-0.4, -0.2) is 26.3 Å². The van der Waals surface area contributed by atoms with Crippen molar-refractivity contribution in [2.75, 3.05) is 21.3 Å². The van der Waals surface area contributed by atoms with Crippen LogP contribution in [0.3, 0.4) is 0 Å². The van der Waals surface area contributed by atoms with Crippen LogP contribution in [-0.2, 0) is 0 Å². The Hall–Kier alpha value is -2.36. The molecule has 0 spiro atoms. The highest BCUT2D eigenvalue weighted by atomic mass is 16.5. The van der Waals surface area contributed by atoms with Gasteiger partial charge in [0, 0.05) is 17.0 Å². The van der Waals surface area contributed by atoms with Crippen LogP contribution in [0.2, 0.25) is 0 Å². The summed E-state index contributed by atoms with van der Waals surface area (Å²) in [6.07, 6.45) is 0. The van der Waals surface area contributed by atoms with Crippen LogP contribution >= 0.6 is 0 Å². The third kappa shape index (κ3) is 2.06. The molecule has 0 atom stereocenters. The Morgan fingerprint density at radius 2 is 1.59 bits per heavy atom. The lowest BCUT2D eigenvalue weighted by atomic mass is 10.0. The average Bonchev–Trinajstić information content (AvgIpc) is 2.89. The van der Waals surface area contributed by atoms with E-state index in [1.807, 2.05) is 6.07 Å². The van der Waals surface area contributed by atoms with E-state index < -0.39 is 0 Å². The number of aromatic nitrogens is 1. The fraction of sp³-hybridized carbons (Fsp3) is 0.333. The van der Waals surface area contributed by atoms with Crippen molar-refractivity contribution in [1.29, 1.82) is 0 Å². The first-order valence-electron chi connectivity index (χ1n) is 7.35. The van der Waals surface area contributed by atoms with Gasteiger partial charge in [0.15, 0.2) is 11.5 Å². The standard InChI is InChI=1S/C18H21NO3/c1-10(2)11-6-7-13-12(8-11)16-14(19-13)9-15(20-3)17(21-4)18(16)22-5/h6-10,19H,1-5H3. The van der Waals surface area contributed by atoms with E-state index >= 15 is 0 Å². The molecule has 0 fully saturated rings. The lowest BCUT2D eigenvalue weighted by molar-refractivity contribution is 0.327. The van der Waals surface area contributed by atoms with E-state index in [0.29, 0.717) is 23.2 Å². The number of H-pyrrole nitrogens is 1. The van der Waals surface area contributed by atoms with Gasteiger partial charge in [-0.25, -0.2) is 0 Å². The second-order valence-corrected chi connectivity index (χ2v) is 5.65. The first kappa shape index (κ1) is 14.6. The molecule has 4 heteroatoms. The zero-order valence-electron chi connectivity index (χ0n) is 13.6. The van der Waals surface area contributed by atoms with E-state index in [1.54, 1.807) is 21.3 Å². The third-order valence-corrected chi connectivity index (χ3v) is 4.08. The predicted octanol–water partition coefficient (Wildman–Crippen LogP) is 4.47. The SMILES string of the molecule is COc1cc2[nH]c3ccc(C(C)C)cc3c2c(OC)c1OC. The lowest BCUT2D eigenvalue weighted by Crippen LogP contribution is -1.95. The van der Waals surface area contributed by atoms with E-state index in [-0.39, 0.29) is 0 Å². The van der Waals surface area contributed by atoms with Gasteiger partial charge in [-0.1, -0.05) is 19.9 Å². The maximum absolute atomic E-state index is 5.63. The highest BCUT2D eigenvalue weighted by Gasteiger charge is 2.19. The number of nitrogens with one attached hydrogen (secondary N) is 1. The molecule has 0 saturated carbocycles. The molecule has 0 aliphatic carbocycles. The zero-order chi connectivity index (χ0) is 15.9. The van der Waals surface area contributed by atoms with Crippen LogP contribution < -0.4 is 14.2 Å². The minimum atomic E-state index is 0.473. The van der Waals surface area contributed by atoms with E-state index in [0.717, 1.165) is 21.8 Å². The van der Waals surface area contributed by atoms with Crippen LogP contribution in [0.4, 0.5) is 0 Å². The zero-order valence-corrected chi connectivity index (χ0v) is 13.6. The molecule has 3 aromatic rings. The van der Waals surface area contributed by atoms with E-state index in [4.69, 9.17) is 14.2 Å². The number of hydrogen-bond donors (Lipinski definition) is 1. The Bertz CT molecular complexity index is 833. The Balaban J connectivity index is 2.44. The van der Waals surface area contributed by atoms with Gasteiger partial charge in [-0.15, -0.1) is 0 Å². The molecule has 0 aliphatic rings. The molecule has 0 saturated heterocycles. The number of benzene rings is 2. The van der Waals surface area contributed by atoms with Crippen LogP contribution in [0.1, 0.15) is 25.3 Å². The first-order valence-corrected chi connectivity index (χ1v) is 7.35. The van der Waals surface area contributed by atoms with Crippen molar-refractivity contribution in [3.63, 3.8) is 0 Å². The molecule has 0 aliphatic heterocycles. The van der Waals surface area contributed by atoms with Crippen molar-refractivity contribution in [3.8, 4) is 17.2 Å². The minimum absolute atomic E-state index is 0.473. The van der Waals surface area contributed by atoms with Gasteiger partial charge in [-0.3, -0.25) is 0 Å². The fourth-order valence-corrected chi connectivity index (χ4v) is 2.90. The van der Waals surface area contributed by atoms with Gasteiger partial charge < -0.3 is 19.2 Å². The molecule has 2 aromatic carbocycles. The highest BCUT2D eigenvalue weighted by molar-refractivity contribution is 6.12. The Kier molecular flexibility index (Phi) is 3.61. The molecule has 1 N–H and O–H groups in total. The summed E-state index contributed by atoms with van der Waals surface area (Å²) in [6, 6.07) is 8.44. The van der Waals surface area contributed by atoms with Crippen molar-refractivity contribution < 1.29 is 14.2 Å². The second kappa shape index (κ2) is 5.44. The molecule has 22 heavy (non-hydrogen) atoms.